The van der Waals surface area contributed by atoms with E-state index in [0.29, 0.717) is 17.9 Å². The number of nitrogens with zero attached hydrogens (tertiary/aromatic N) is 2. The number of carbonyl (C=O) groups is 1. The monoisotopic (exact) mass is 356 g/mol. The van der Waals surface area contributed by atoms with E-state index in [1.165, 1.54) is 19.2 Å². The lowest BCUT2D eigenvalue weighted by Crippen LogP contribution is -2.38. The average molecular weight is 357 g/mol. The summed E-state index contributed by atoms with van der Waals surface area (Å²) < 4.78 is 10.8. The first-order valence-electron chi connectivity index (χ1n) is 7.92. The van der Waals surface area contributed by atoms with E-state index < -0.39 is 0 Å². The summed E-state index contributed by atoms with van der Waals surface area (Å²) in [7, 11) is 1.46. The van der Waals surface area contributed by atoms with Gasteiger partial charge in [-0.3, -0.25) is 4.79 Å². The van der Waals surface area contributed by atoms with Crippen LogP contribution in [0.25, 0.3) is 0 Å². The van der Waals surface area contributed by atoms with Gasteiger partial charge in [0.2, 0.25) is 0 Å². The third kappa shape index (κ3) is 3.54. The molecule has 3 rings (SSSR count). The number of aryl methyl sites for hydroxylation is 1. The number of para-hydroxylation sites is 1. The summed E-state index contributed by atoms with van der Waals surface area (Å²) in [4.78, 5) is 14.4. The van der Waals surface area contributed by atoms with Gasteiger partial charge in [-0.1, -0.05) is 29.8 Å². The molecule has 0 atom stereocenters. The molecular formula is C19H17ClN2O3. The van der Waals surface area contributed by atoms with E-state index in [1.54, 1.807) is 4.90 Å². The van der Waals surface area contributed by atoms with Crippen LogP contribution in [0.1, 0.15) is 17.5 Å². The van der Waals surface area contributed by atoms with Crippen LogP contribution in [-0.2, 0) is 11.2 Å². The fraction of sp³-hybridized carbons (Fsp3) is 0.263. The second-order valence-corrected chi connectivity index (χ2v) is 6.07. The molecule has 0 N–H and O–H groups in total. The Morgan fingerprint density at radius 1 is 1.36 bits per heavy atom. The minimum absolute atomic E-state index is 0.144. The lowest BCUT2D eigenvalue weighted by molar-refractivity contribution is -0.120. The van der Waals surface area contributed by atoms with Gasteiger partial charge in [0.1, 0.15) is 0 Å². The van der Waals surface area contributed by atoms with Gasteiger partial charge in [0.15, 0.2) is 18.1 Å². The number of ether oxygens (including phenoxy) is 2. The number of nitriles is 1. The molecule has 25 heavy (non-hydrogen) atoms. The maximum absolute atomic E-state index is 12.6. The lowest BCUT2D eigenvalue weighted by atomic mass is 10.0. The molecule has 128 valence electrons. The zero-order valence-electron chi connectivity index (χ0n) is 13.8. The Labute approximate surface area is 151 Å². The Balaban J connectivity index is 1.77. The summed E-state index contributed by atoms with van der Waals surface area (Å²) in [6.45, 7) is 0.508. The van der Waals surface area contributed by atoms with Crippen LogP contribution in [0.3, 0.4) is 0 Å². The summed E-state index contributed by atoms with van der Waals surface area (Å²) in [5.41, 5.74) is 2.46. The zero-order chi connectivity index (χ0) is 17.8. The molecule has 0 radical (unpaired) electrons. The number of hydrogen-bond donors (Lipinski definition) is 0. The SMILES string of the molecule is COc1cc(C#N)cc(Cl)c1OCC(=O)N1CCCc2ccccc21. The smallest absolute Gasteiger partial charge is 0.264 e. The van der Waals surface area contributed by atoms with Gasteiger partial charge in [0, 0.05) is 18.3 Å². The largest absolute Gasteiger partial charge is 0.493 e. The standard InChI is InChI=1S/C19H17ClN2O3/c1-24-17-10-13(11-21)9-15(20)19(17)25-12-18(23)22-8-4-6-14-5-2-3-7-16(14)22/h2-3,5,7,9-10H,4,6,8,12H2,1H3. The van der Waals surface area contributed by atoms with E-state index in [9.17, 15) is 4.79 Å². The van der Waals surface area contributed by atoms with Gasteiger partial charge < -0.3 is 14.4 Å². The van der Waals surface area contributed by atoms with Gasteiger partial charge in [-0.05, 0) is 30.5 Å². The summed E-state index contributed by atoms with van der Waals surface area (Å²) >= 11 is 6.16. The van der Waals surface area contributed by atoms with Crippen molar-refractivity contribution in [2.45, 2.75) is 12.8 Å². The van der Waals surface area contributed by atoms with E-state index in [2.05, 4.69) is 0 Å². The molecule has 5 nitrogen and oxygen atoms in total. The molecule has 0 saturated carbocycles. The van der Waals surface area contributed by atoms with Crippen LogP contribution in [-0.4, -0.2) is 26.2 Å². The van der Waals surface area contributed by atoms with Crippen LogP contribution in [0, 0.1) is 11.3 Å². The van der Waals surface area contributed by atoms with E-state index in [-0.39, 0.29) is 23.3 Å². The van der Waals surface area contributed by atoms with Gasteiger partial charge in [-0.15, -0.1) is 0 Å². The number of amides is 1. The molecule has 1 aliphatic rings. The van der Waals surface area contributed by atoms with Crippen molar-refractivity contribution in [3.05, 3.63) is 52.5 Å². The first kappa shape index (κ1) is 17.1. The number of fused-ring (bicyclic) bond motifs is 1. The topological polar surface area (TPSA) is 62.6 Å². The molecule has 0 bridgehead atoms. The van der Waals surface area contributed by atoms with Crippen molar-refractivity contribution in [1.29, 1.82) is 5.26 Å². The number of methoxy groups -OCH3 is 1. The molecule has 6 heteroatoms. The molecule has 0 aromatic heterocycles. The molecular weight excluding hydrogens is 340 g/mol. The highest BCUT2D eigenvalue weighted by atomic mass is 35.5. The highest BCUT2D eigenvalue weighted by Gasteiger charge is 2.23. The minimum Gasteiger partial charge on any atom is -0.493 e. The quantitative estimate of drug-likeness (QED) is 0.840. The lowest BCUT2D eigenvalue weighted by Gasteiger charge is -2.29. The minimum atomic E-state index is -0.156. The summed E-state index contributed by atoms with van der Waals surface area (Å²) in [5.74, 6) is 0.451. The Bertz CT molecular complexity index is 845. The molecule has 0 unspecified atom stereocenters. The molecule has 1 amide bonds. The molecule has 1 heterocycles. The molecule has 1 aliphatic heterocycles. The molecule has 0 spiro atoms. The highest BCUT2D eigenvalue weighted by molar-refractivity contribution is 6.32. The average Bonchev–Trinajstić information content (AvgIpc) is 2.65. The number of anilines is 1. The summed E-state index contributed by atoms with van der Waals surface area (Å²) in [6, 6.07) is 12.9. The molecule has 2 aromatic carbocycles. The van der Waals surface area contributed by atoms with Gasteiger partial charge in [0.25, 0.3) is 5.91 Å². The van der Waals surface area contributed by atoms with Crippen LogP contribution in [0.2, 0.25) is 5.02 Å². The Morgan fingerprint density at radius 2 is 2.16 bits per heavy atom. The van der Waals surface area contributed by atoms with E-state index in [1.807, 2.05) is 30.3 Å². The third-order valence-electron chi connectivity index (χ3n) is 4.11. The van der Waals surface area contributed by atoms with Crippen molar-refractivity contribution in [2.24, 2.45) is 0 Å². The normalized spacial score (nSPS) is 12.9. The number of halogens is 1. The van der Waals surface area contributed by atoms with Gasteiger partial charge in [-0.25, -0.2) is 0 Å². The van der Waals surface area contributed by atoms with Crippen molar-refractivity contribution in [3.63, 3.8) is 0 Å². The Morgan fingerprint density at radius 3 is 2.92 bits per heavy atom. The molecule has 2 aromatic rings. The number of benzene rings is 2. The van der Waals surface area contributed by atoms with Crippen molar-refractivity contribution < 1.29 is 14.3 Å². The fourth-order valence-electron chi connectivity index (χ4n) is 2.93. The first-order valence-corrected chi connectivity index (χ1v) is 8.30. The predicted molar refractivity (Wildman–Crippen MR) is 95.3 cm³/mol. The first-order chi connectivity index (χ1) is 12.1. The van der Waals surface area contributed by atoms with Gasteiger partial charge in [-0.2, -0.15) is 5.26 Å². The number of carbonyl (C=O) groups excluding carboxylic acids is 1. The molecule has 0 fully saturated rings. The second-order valence-electron chi connectivity index (χ2n) is 5.67. The molecule has 0 aliphatic carbocycles. The van der Waals surface area contributed by atoms with E-state index in [0.717, 1.165) is 24.1 Å². The maximum atomic E-state index is 12.6. The predicted octanol–water partition coefficient (Wildman–Crippen LogP) is 3.58. The Hall–Kier alpha value is -2.71. The van der Waals surface area contributed by atoms with Crippen LogP contribution in [0.15, 0.2) is 36.4 Å². The second kappa shape index (κ2) is 7.45. The fourth-order valence-corrected chi connectivity index (χ4v) is 3.19. The van der Waals surface area contributed by atoms with Crippen LogP contribution in [0.4, 0.5) is 5.69 Å². The number of hydrogen-bond acceptors (Lipinski definition) is 4. The molecule has 0 saturated heterocycles. The highest BCUT2D eigenvalue weighted by Crippen LogP contribution is 2.36. The van der Waals surface area contributed by atoms with Crippen LogP contribution >= 0.6 is 11.6 Å². The number of rotatable bonds is 4. The van der Waals surface area contributed by atoms with E-state index in [4.69, 9.17) is 26.3 Å². The third-order valence-corrected chi connectivity index (χ3v) is 4.39. The zero-order valence-corrected chi connectivity index (χ0v) is 14.5. The maximum Gasteiger partial charge on any atom is 0.264 e. The van der Waals surface area contributed by atoms with Crippen molar-refractivity contribution in [1.82, 2.24) is 0 Å². The van der Waals surface area contributed by atoms with Gasteiger partial charge >= 0.3 is 0 Å². The van der Waals surface area contributed by atoms with E-state index >= 15 is 0 Å². The Kier molecular flexibility index (Phi) is 5.11. The summed E-state index contributed by atoms with van der Waals surface area (Å²) in [6.07, 6.45) is 1.89. The van der Waals surface area contributed by atoms with Crippen molar-refractivity contribution >= 4 is 23.2 Å². The van der Waals surface area contributed by atoms with Crippen LogP contribution in [0.5, 0.6) is 11.5 Å². The van der Waals surface area contributed by atoms with Gasteiger partial charge in [0.05, 0.1) is 23.8 Å². The van der Waals surface area contributed by atoms with Crippen LogP contribution < -0.4 is 14.4 Å². The summed E-state index contributed by atoms with van der Waals surface area (Å²) in [5, 5.41) is 9.23. The van der Waals surface area contributed by atoms with Crippen molar-refractivity contribution in [2.75, 3.05) is 25.2 Å². The van der Waals surface area contributed by atoms with Crippen molar-refractivity contribution in [3.8, 4) is 17.6 Å².